The molecule has 0 aliphatic heterocycles. The van der Waals surface area contributed by atoms with E-state index in [4.69, 9.17) is 15.5 Å². The van der Waals surface area contributed by atoms with Crippen LogP contribution < -0.4 is 10.0 Å². The SMILES string of the molecule is COC(=O)N=C(N)c1ccc(Cc2nc3cc(N(CC(=O)OCC(C)C)S(=O)(=O)c4cccc5cccnc45)ccc3n2C)cc1. The molecule has 0 radical (unpaired) electrons. The van der Waals surface area contributed by atoms with Crippen LogP contribution in [-0.4, -0.2) is 61.1 Å². The summed E-state index contributed by atoms with van der Waals surface area (Å²) < 4.78 is 41.3. The van der Waals surface area contributed by atoms with E-state index in [-0.39, 0.29) is 28.9 Å². The molecular weight excluding hydrogens is 608 g/mol. The molecule has 12 nitrogen and oxygen atoms in total. The Bertz CT molecular complexity index is 2050. The Labute approximate surface area is 266 Å². The second-order valence-electron chi connectivity index (χ2n) is 11.0. The van der Waals surface area contributed by atoms with Crippen molar-refractivity contribution in [2.24, 2.45) is 23.7 Å². The third kappa shape index (κ3) is 6.84. The van der Waals surface area contributed by atoms with Crippen molar-refractivity contribution in [2.45, 2.75) is 25.2 Å². The third-order valence-electron chi connectivity index (χ3n) is 7.26. The number of nitrogens with zero attached hydrogens (tertiary/aromatic N) is 5. The zero-order valence-corrected chi connectivity index (χ0v) is 26.7. The van der Waals surface area contributed by atoms with Crippen LogP contribution in [0.1, 0.15) is 30.8 Å². The van der Waals surface area contributed by atoms with Crippen LogP contribution in [0.15, 0.2) is 88.9 Å². The molecule has 0 aliphatic carbocycles. The molecular formula is C33H34N6O6S. The monoisotopic (exact) mass is 642 g/mol. The quantitative estimate of drug-likeness (QED) is 0.131. The lowest BCUT2D eigenvalue weighted by molar-refractivity contribution is -0.142. The number of amidine groups is 1. The highest BCUT2D eigenvalue weighted by Gasteiger charge is 2.30. The highest BCUT2D eigenvalue weighted by Crippen LogP contribution is 2.30. The molecule has 5 rings (SSSR count). The summed E-state index contributed by atoms with van der Waals surface area (Å²) in [4.78, 5) is 37.1. The molecule has 0 saturated carbocycles. The minimum Gasteiger partial charge on any atom is -0.464 e. The Hall–Kier alpha value is -5.30. The minimum atomic E-state index is -4.27. The van der Waals surface area contributed by atoms with Crippen LogP contribution in [0.5, 0.6) is 0 Å². The van der Waals surface area contributed by atoms with E-state index >= 15 is 0 Å². The summed E-state index contributed by atoms with van der Waals surface area (Å²) in [5, 5.41) is 0.655. The van der Waals surface area contributed by atoms with E-state index < -0.39 is 28.6 Å². The summed E-state index contributed by atoms with van der Waals surface area (Å²) in [7, 11) is -1.17. The number of fused-ring (bicyclic) bond motifs is 2. The second-order valence-corrected chi connectivity index (χ2v) is 12.9. The van der Waals surface area contributed by atoms with Crippen molar-refractivity contribution in [1.29, 1.82) is 0 Å². The van der Waals surface area contributed by atoms with Gasteiger partial charge < -0.3 is 19.8 Å². The van der Waals surface area contributed by atoms with Crippen LogP contribution in [0.3, 0.4) is 0 Å². The zero-order valence-electron chi connectivity index (χ0n) is 25.9. The maximum Gasteiger partial charge on any atom is 0.435 e. The van der Waals surface area contributed by atoms with Crippen LogP contribution in [0.2, 0.25) is 0 Å². The molecule has 0 atom stereocenters. The number of methoxy groups -OCH3 is 1. The van der Waals surface area contributed by atoms with E-state index in [0.717, 1.165) is 21.2 Å². The highest BCUT2D eigenvalue weighted by molar-refractivity contribution is 7.93. The number of ether oxygens (including phenoxy) is 2. The molecule has 1 amide bonds. The lowest BCUT2D eigenvalue weighted by Gasteiger charge is -2.24. The van der Waals surface area contributed by atoms with E-state index in [1.54, 1.807) is 54.6 Å². The Morgan fingerprint density at radius 2 is 1.78 bits per heavy atom. The summed E-state index contributed by atoms with van der Waals surface area (Å²) in [6.07, 6.45) is 1.20. The first-order valence-corrected chi connectivity index (χ1v) is 15.9. The maximum absolute atomic E-state index is 14.2. The Morgan fingerprint density at radius 3 is 2.50 bits per heavy atom. The van der Waals surface area contributed by atoms with Crippen molar-refractivity contribution >= 4 is 55.5 Å². The number of imidazole rings is 1. The van der Waals surface area contributed by atoms with Gasteiger partial charge in [0.05, 0.1) is 36.0 Å². The first kappa shape index (κ1) is 32.1. The van der Waals surface area contributed by atoms with Crippen molar-refractivity contribution in [1.82, 2.24) is 14.5 Å². The topological polar surface area (TPSA) is 159 Å². The van der Waals surface area contributed by atoms with E-state index in [9.17, 15) is 18.0 Å². The molecule has 0 unspecified atom stereocenters. The van der Waals surface area contributed by atoms with Crippen molar-refractivity contribution in [3.8, 4) is 0 Å². The average Bonchev–Trinajstić information content (AvgIpc) is 3.35. The number of pyridine rings is 1. The van der Waals surface area contributed by atoms with Crippen LogP contribution in [0.4, 0.5) is 10.5 Å². The number of aryl methyl sites for hydroxylation is 1. The largest absolute Gasteiger partial charge is 0.464 e. The molecule has 0 spiro atoms. The van der Waals surface area contributed by atoms with Crippen LogP contribution in [-0.2, 0) is 37.8 Å². The summed E-state index contributed by atoms with van der Waals surface area (Å²) in [6, 6.07) is 20.7. The van der Waals surface area contributed by atoms with Gasteiger partial charge in [-0.2, -0.15) is 4.99 Å². The lowest BCUT2D eigenvalue weighted by atomic mass is 10.1. The first-order valence-electron chi connectivity index (χ1n) is 14.5. The van der Waals surface area contributed by atoms with Gasteiger partial charge in [-0.15, -0.1) is 0 Å². The van der Waals surface area contributed by atoms with Gasteiger partial charge in [0.15, 0.2) is 0 Å². The maximum atomic E-state index is 14.2. The highest BCUT2D eigenvalue weighted by atomic mass is 32.2. The van der Waals surface area contributed by atoms with Gasteiger partial charge in [-0.3, -0.25) is 14.1 Å². The molecule has 3 aromatic carbocycles. The van der Waals surface area contributed by atoms with Crippen LogP contribution >= 0.6 is 0 Å². The summed E-state index contributed by atoms with van der Waals surface area (Å²) in [5.41, 5.74) is 9.27. The van der Waals surface area contributed by atoms with Crippen LogP contribution in [0.25, 0.3) is 21.9 Å². The van der Waals surface area contributed by atoms with Gasteiger partial charge in [0.2, 0.25) is 0 Å². The van der Waals surface area contributed by atoms with Gasteiger partial charge in [-0.05, 0) is 41.8 Å². The molecule has 2 N–H and O–H groups in total. The number of esters is 1. The molecule has 2 heterocycles. The van der Waals surface area contributed by atoms with Gasteiger partial charge in [-0.1, -0.05) is 56.3 Å². The Balaban J connectivity index is 1.50. The van der Waals surface area contributed by atoms with Crippen molar-refractivity contribution < 1.29 is 27.5 Å². The number of sulfonamides is 1. The number of aliphatic imine (C=N–C) groups is 1. The number of aromatic nitrogens is 3. The van der Waals surface area contributed by atoms with Crippen molar-refractivity contribution in [2.75, 3.05) is 24.6 Å². The molecule has 0 saturated heterocycles. The van der Waals surface area contributed by atoms with Gasteiger partial charge in [0.25, 0.3) is 10.0 Å². The zero-order chi connectivity index (χ0) is 33.0. The van der Waals surface area contributed by atoms with Crippen molar-refractivity contribution in [3.05, 3.63) is 95.9 Å². The smallest absolute Gasteiger partial charge is 0.435 e. The van der Waals surface area contributed by atoms with E-state index in [2.05, 4.69) is 14.7 Å². The van der Waals surface area contributed by atoms with E-state index in [1.807, 2.05) is 37.6 Å². The van der Waals surface area contributed by atoms with E-state index in [1.165, 1.54) is 19.4 Å². The fraction of sp³-hybridized carbons (Fsp3) is 0.242. The number of carbonyl (C=O) groups is 2. The number of anilines is 1. The van der Waals surface area contributed by atoms with Crippen molar-refractivity contribution in [3.63, 3.8) is 0 Å². The molecule has 5 aromatic rings. The normalized spacial score (nSPS) is 12.1. The molecule has 2 aromatic heterocycles. The molecule has 46 heavy (non-hydrogen) atoms. The summed E-state index contributed by atoms with van der Waals surface area (Å²) in [6.45, 7) is 3.44. The van der Waals surface area contributed by atoms with E-state index in [0.29, 0.717) is 28.4 Å². The minimum absolute atomic E-state index is 0.0234. The van der Waals surface area contributed by atoms with Gasteiger partial charge >= 0.3 is 12.1 Å². The van der Waals surface area contributed by atoms with Gasteiger partial charge in [-0.25, -0.2) is 18.2 Å². The Morgan fingerprint density at radius 1 is 1.04 bits per heavy atom. The predicted octanol–water partition coefficient (Wildman–Crippen LogP) is 4.58. The predicted molar refractivity (Wildman–Crippen MR) is 175 cm³/mol. The number of hydrogen-bond acceptors (Lipinski definition) is 8. The fourth-order valence-corrected chi connectivity index (χ4v) is 6.45. The number of amides is 1. The Kier molecular flexibility index (Phi) is 9.33. The van der Waals surface area contributed by atoms with Gasteiger partial charge in [0.1, 0.15) is 23.1 Å². The number of rotatable bonds is 10. The van der Waals surface area contributed by atoms with Gasteiger partial charge in [0, 0.05) is 30.6 Å². The summed E-state index contributed by atoms with van der Waals surface area (Å²) >= 11 is 0. The second kappa shape index (κ2) is 13.4. The summed E-state index contributed by atoms with van der Waals surface area (Å²) in [5.74, 6) is 0.176. The number of hydrogen-bond donors (Lipinski definition) is 1. The lowest BCUT2D eigenvalue weighted by Crippen LogP contribution is -2.37. The standard InChI is InChI=1S/C33H34N6O6S/c1-21(2)20-45-30(40)19-39(46(42,43)28-9-5-7-23-8-6-16-35-31(23)28)25-14-15-27-26(18-25)36-29(38(27)3)17-22-10-12-24(13-11-22)32(34)37-33(41)44-4/h5-16,18,21H,17,19-20H2,1-4H3,(H2,34,37,41). The average molecular weight is 643 g/mol. The molecule has 0 aliphatic rings. The molecule has 0 fully saturated rings. The first-order chi connectivity index (χ1) is 22.0. The fourth-order valence-electron chi connectivity index (χ4n) is 4.88. The number of benzene rings is 3. The molecule has 0 bridgehead atoms. The number of nitrogens with two attached hydrogens (primary N) is 1. The number of para-hydroxylation sites is 1. The molecule has 238 valence electrons. The third-order valence-corrected chi connectivity index (χ3v) is 9.06. The number of carbonyl (C=O) groups excluding carboxylic acids is 2. The molecule has 13 heteroatoms. The van der Waals surface area contributed by atoms with Crippen LogP contribution in [0, 0.1) is 5.92 Å².